The summed E-state index contributed by atoms with van der Waals surface area (Å²) in [5.74, 6) is -1.68. The Kier molecular flexibility index (Phi) is 2.33. The molecule has 2 amide bonds. The number of carbonyl (C=O) groups excluding carboxylic acids is 2. The third-order valence-electron chi connectivity index (χ3n) is 3.34. The number of hydrogen-bond donors (Lipinski definition) is 1. The first-order valence-corrected chi connectivity index (χ1v) is 5.25. The summed E-state index contributed by atoms with van der Waals surface area (Å²) < 4.78 is 0. The summed E-state index contributed by atoms with van der Waals surface area (Å²) in [6, 6.07) is 0. The van der Waals surface area contributed by atoms with Gasteiger partial charge in [0.2, 0.25) is 0 Å². The van der Waals surface area contributed by atoms with Gasteiger partial charge in [0, 0.05) is 11.6 Å². The Morgan fingerprint density at radius 1 is 1.50 bits per heavy atom. The molecule has 0 unspecified atom stereocenters. The molecule has 0 atom stereocenters. The Labute approximate surface area is 92.7 Å². The van der Waals surface area contributed by atoms with E-state index >= 15 is 0 Å². The predicted molar refractivity (Wildman–Crippen MR) is 54.4 cm³/mol. The Bertz CT molecular complexity index is 406. The zero-order chi connectivity index (χ0) is 11.9. The van der Waals surface area contributed by atoms with Crippen molar-refractivity contribution in [1.29, 1.82) is 0 Å². The van der Waals surface area contributed by atoms with Crippen molar-refractivity contribution < 1.29 is 19.5 Å². The zero-order valence-corrected chi connectivity index (χ0v) is 9.02. The van der Waals surface area contributed by atoms with Gasteiger partial charge < -0.3 is 5.11 Å². The van der Waals surface area contributed by atoms with E-state index in [4.69, 9.17) is 5.11 Å². The van der Waals surface area contributed by atoms with Crippen molar-refractivity contribution in [3.8, 4) is 0 Å². The Hall–Kier alpha value is -1.65. The molecule has 0 aromatic rings. The van der Waals surface area contributed by atoms with Gasteiger partial charge in [-0.2, -0.15) is 0 Å². The normalized spacial score (nSPS) is 23.1. The van der Waals surface area contributed by atoms with Crippen LogP contribution in [0.4, 0.5) is 0 Å². The van der Waals surface area contributed by atoms with Crippen molar-refractivity contribution in [1.82, 2.24) is 4.90 Å². The van der Waals surface area contributed by atoms with Gasteiger partial charge in [-0.15, -0.1) is 0 Å². The fourth-order valence-corrected chi connectivity index (χ4v) is 2.38. The molecule has 0 saturated heterocycles. The zero-order valence-electron chi connectivity index (χ0n) is 9.02. The molecule has 1 heterocycles. The van der Waals surface area contributed by atoms with E-state index in [2.05, 4.69) is 0 Å². The topological polar surface area (TPSA) is 74.7 Å². The van der Waals surface area contributed by atoms with Crippen LogP contribution in [0, 0.1) is 0 Å². The molecule has 2 aliphatic rings. The van der Waals surface area contributed by atoms with Gasteiger partial charge in [0.05, 0.1) is 12.0 Å². The summed E-state index contributed by atoms with van der Waals surface area (Å²) in [6.07, 6.45) is 3.19. The maximum absolute atomic E-state index is 11.8. The molecule has 1 aliphatic heterocycles. The van der Waals surface area contributed by atoms with Crippen LogP contribution < -0.4 is 0 Å². The molecule has 0 aromatic carbocycles. The van der Waals surface area contributed by atoms with Crippen LogP contribution in [-0.4, -0.2) is 33.3 Å². The molecule has 0 radical (unpaired) electrons. The number of rotatable bonds is 3. The average Bonchev–Trinajstić information content (AvgIpc) is 2.35. The fourth-order valence-electron chi connectivity index (χ4n) is 2.38. The van der Waals surface area contributed by atoms with Crippen molar-refractivity contribution >= 4 is 17.8 Å². The maximum atomic E-state index is 11.8. The minimum atomic E-state index is -0.968. The molecule has 0 spiro atoms. The largest absolute Gasteiger partial charge is 0.481 e. The number of carboxylic acid groups (broad SMARTS) is 1. The molecule has 5 nitrogen and oxygen atoms in total. The summed E-state index contributed by atoms with van der Waals surface area (Å²) in [5, 5.41) is 8.85. The van der Waals surface area contributed by atoms with Crippen LogP contribution in [-0.2, 0) is 14.4 Å². The third kappa shape index (κ3) is 1.43. The van der Waals surface area contributed by atoms with E-state index in [0.29, 0.717) is 18.4 Å². The molecule has 86 valence electrons. The van der Waals surface area contributed by atoms with Gasteiger partial charge in [0.15, 0.2) is 0 Å². The number of carbonyl (C=O) groups is 3. The lowest BCUT2D eigenvalue weighted by Gasteiger charge is -2.46. The highest BCUT2D eigenvalue weighted by Crippen LogP contribution is 2.42. The summed E-state index contributed by atoms with van der Waals surface area (Å²) in [5.41, 5.74) is -0.379. The number of nitrogens with zero attached hydrogens (tertiary/aromatic N) is 1. The Balaban J connectivity index is 2.26. The van der Waals surface area contributed by atoms with E-state index in [1.165, 1.54) is 6.08 Å². The van der Waals surface area contributed by atoms with Gasteiger partial charge in [-0.05, 0) is 26.2 Å². The summed E-state index contributed by atoms with van der Waals surface area (Å²) in [6.45, 7) is 1.58. The second kappa shape index (κ2) is 3.43. The predicted octanol–water partition coefficient (Wildman–Crippen LogP) is 0.699. The summed E-state index contributed by atoms with van der Waals surface area (Å²) >= 11 is 0. The fraction of sp³-hybridized carbons (Fsp3) is 0.545. The van der Waals surface area contributed by atoms with Crippen LogP contribution in [0.25, 0.3) is 0 Å². The highest BCUT2D eigenvalue weighted by Gasteiger charge is 2.50. The van der Waals surface area contributed by atoms with Crippen LogP contribution in [0.1, 0.15) is 32.6 Å². The number of aliphatic carboxylic acids is 1. The Morgan fingerprint density at radius 3 is 2.44 bits per heavy atom. The van der Waals surface area contributed by atoms with Crippen LogP contribution in [0.15, 0.2) is 11.6 Å². The Morgan fingerprint density at radius 2 is 2.12 bits per heavy atom. The van der Waals surface area contributed by atoms with E-state index in [0.717, 1.165) is 11.3 Å². The van der Waals surface area contributed by atoms with Crippen molar-refractivity contribution in [2.45, 2.75) is 38.1 Å². The lowest BCUT2D eigenvalue weighted by atomic mass is 9.73. The van der Waals surface area contributed by atoms with Crippen molar-refractivity contribution in [3.63, 3.8) is 0 Å². The molecule has 2 rings (SSSR count). The van der Waals surface area contributed by atoms with E-state index < -0.39 is 11.5 Å². The maximum Gasteiger partial charge on any atom is 0.305 e. The highest BCUT2D eigenvalue weighted by molar-refractivity contribution is 6.16. The van der Waals surface area contributed by atoms with Crippen LogP contribution >= 0.6 is 0 Å². The second-order valence-electron chi connectivity index (χ2n) is 4.45. The molecular formula is C11H13NO4. The first-order chi connectivity index (χ1) is 7.46. The van der Waals surface area contributed by atoms with Crippen LogP contribution in [0.5, 0.6) is 0 Å². The number of hydrogen-bond acceptors (Lipinski definition) is 3. The van der Waals surface area contributed by atoms with E-state index in [-0.39, 0.29) is 18.2 Å². The molecule has 1 aliphatic carbocycles. The van der Waals surface area contributed by atoms with E-state index in [1.807, 2.05) is 0 Å². The molecule has 16 heavy (non-hydrogen) atoms. The monoisotopic (exact) mass is 223 g/mol. The van der Waals surface area contributed by atoms with Gasteiger partial charge in [0.1, 0.15) is 0 Å². The van der Waals surface area contributed by atoms with Gasteiger partial charge in [-0.1, -0.05) is 0 Å². The van der Waals surface area contributed by atoms with Crippen molar-refractivity contribution in [2.24, 2.45) is 0 Å². The molecule has 1 fully saturated rings. The number of amides is 2. The second-order valence-corrected chi connectivity index (χ2v) is 4.45. The van der Waals surface area contributed by atoms with Gasteiger partial charge in [-0.3, -0.25) is 19.3 Å². The molecule has 0 bridgehead atoms. The van der Waals surface area contributed by atoms with E-state index in [9.17, 15) is 14.4 Å². The molecule has 5 heteroatoms. The first kappa shape index (κ1) is 10.9. The number of carboxylic acids is 1. The minimum Gasteiger partial charge on any atom is -0.481 e. The lowest BCUT2D eigenvalue weighted by Crippen LogP contribution is -2.57. The smallest absolute Gasteiger partial charge is 0.305 e. The van der Waals surface area contributed by atoms with Crippen LogP contribution in [0.3, 0.4) is 0 Å². The lowest BCUT2D eigenvalue weighted by molar-refractivity contribution is -0.153. The SMILES string of the molecule is CC1=CC(=O)N(C2(CC(=O)O)CCC2)C1=O. The standard InChI is InChI=1S/C11H13NO4/c1-7-5-8(13)12(10(7)16)11(3-2-4-11)6-9(14)15/h5H,2-4,6H2,1H3,(H,14,15). The molecule has 1 N–H and O–H groups in total. The number of imide groups is 1. The van der Waals surface area contributed by atoms with E-state index in [1.54, 1.807) is 6.92 Å². The molecular weight excluding hydrogens is 210 g/mol. The van der Waals surface area contributed by atoms with Gasteiger partial charge in [0.25, 0.3) is 11.8 Å². The molecule has 0 aromatic heterocycles. The molecule has 1 saturated carbocycles. The summed E-state index contributed by atoms with van der Waals surface area (Å²) in [4.78, 5) is 35.4. The van der Waals surface area contributed by atoms with Gasteiger partial charge in [-0.25, -0.2) is 0 Å². The third-order valence-corrected chi connectivity index (χ3v) is 3.34. The van der Waals surface area contributed by atoms with Crippen molar-refractivity contribution in [2.75, 3.05) is 0 Å². The average molecular weight is 223 g/mol. The first-order valence-electron chi connectivity index (χ1n) is 5.25. The van der Waals surface area contributed by atoms with Gasteiger partial charge >= 0.3 is 5.97 Å². The van der Waals surface area contributed by atoms with Crippen molar-refractivity contribution in [3.05, 3.63) is 11.6 Å². The quantitative estimate of drug-likeness (QED) is 0.714. The summed E-state index contributed by atoms with van der Waals surface area (Å²) in [7, 11) is 0. The highest BCUT2D eigenvalue weighted by atomic mass is 16.4. The minimum absolute atomic E-state index is 0.147. The van der Waals surface area contributed by atoms with Crippen LogP contribution in [0.2, 0.25) is 0 Å².